The van der Waals surface area contributed by atoms with Crippen molar-refractivity contribution in [3.05, 3.63) is 45.7 Å². The van der Waals surface area contributed by atoms with Crippen molar-refractivity contribution in [3.63, 3.8) is 0 Å². The average Bonchev–Trinajstić information content (AvgIpc) is 3.01. The second-order valence-electron chi connectivity index (χ2n) is 5.75. The third kappa shape index (κ3) is 3.24. The van der Waals surface area contributed by atoms with E-state index in [1.165, 1.54) is 33.1 Å². The predicted molar refractivity (Wildman–Crippen MR) is 102 cm³/mol. The summed E-state index contributed by atoms with van der Waals surface area (Å²) in [6.45, 7) is 5.65. The first-order chi connectivity index (χ1) is 12.3. The Balaban J connectivity index is 2.15. The van der Waals surface area contributed by atoms with Crippen LogP contribution in [-0.4, -0.2) is 34.5 Å². The minimum atomic E-state index is -3.84. The van der Waals surface area contributed by atoms with Crippen molar-refractivity contribution >= 4 is 45.0 Å². The molecule has 0 aliphatic rings. The SMILES string of the molecule is CCCN(c1nc2nc(C)c(Cl)c(C)n2n1)S(=O)(=O)c1ccc(Cl)cc1. The van der Waals surface area contributed by atoms with E-state index in [0.29, 0.717) is 33.6 Å². The highest BCUT2D eigenvalue weighted by atomic mass is 35.5. The van der Waals surface area contributed by atoms with Gasteiger partial charge in [0.2, 0.25) is 0 Å². The highest BCUT2D eigenvalue weighted by Gasteiger charge is 2.28. The molecule has 0 aliphatic heterocycles. The molecular formula is C16H17Cl2N5O2S. The summed E-state index contributed by atoms with van der Waals surface area (Å²) in [6, 6.07) is 5.98. The Labute approximate surface area is 161 Å². The van der Waals surface area contributed by atoms with E-state index in [0.717, 1.165) is 0 Å². The van der Waals surface area contributed by atoms with Gasteiger partial charge in [0.05, 0.1) is 21.3 Å². The molecule has 2 heterocycles. The van der Waals surface area contributed by atoms with Gasteiger partial charge in [-0.25, -0.2) is 17.7 Å². The summed E-state index contributed by atoms with van der Waals surface area (Å²) in [5.74, 6) is 0.353. The lowest BCUT2D eigenvalue weighted by molar-refractivity contribution is 0.588. The number of nitrogens with zero attached hydrogens (tertiary/aromatic N) is 5. The van der Waals surface area contributed by atoms with Crippen LogP contribution in [0.5, 0.6) is 0 Å². The van der Waals surface area contributed by atoms with Crippen LogP contribution in [0.1, 0.15) is 24.7 Å². The molecule has 1 aromatic carbocycles. The quantitative estimate of drug-likeness (QED) is 0.637. The molecule has 3 rings (SSSR count). The summed E-state index contributed by atoms with van der Waals surface area (Å²) in [4.78, 5) is 8.71. The van der Waals surface area contributed by atoms with Gasteiger partial charge in [0.1, 0.15) is 0 Å². The molecule has 10 heteroatoms. The van der Waals surface area contributed by atoms with Gasteiger partial charge in [0.15, 0.2) is 0 Å². The second-order valence-corrected chi connectivity index (χ2v) is 8.43. The summed E-state index contributed by atoms with van der Waals surface area (Å²) in [6.07, 6.45) is 0.592. The molecule has 0 radical (unpaired) electrons. The van der Waals surface area contributed by atoms with Crippen molar-refractivity contribution in [2.24, 2.45) is 0 Å². The van der Waals surface area contributed by atoms with Crippen LogP contribution in [0.4, 0.5) is 5.95 Å². The van der Waals surface area contributed by atoms with Crippen LogP contribution in [0.15, 0.2) is 29.2 Å². The fourth-order valence-electron chi connectivity index (χ4n) is 2.51. The number of hydrogen-bond donors (Lipinski definition) is 0. The fraction of sp³-hybridized carbons (Fsp3) is 0.312. The lowest BCUT2D eigenvalue weighted by Gasteiger charge is -2.20. The molecule has 0 atom stereocenters. The van der Waals surface area contributed by atoms with E-state index >= 15 is 0 Å². The monoisotopic (exact) mass is 413 g/mol. The van der Waals surface area contributed by atoms with Gasteiger partial charge in [0, 0.05) is 11.6 Å². The van der Waals surface area contributed by atoms with Gasteiger partial charge >= 0.3 is 0 Å². The second kappa shape index (κ2) is 7.02. The molecule has 2 aromatic heterocycles. The Morgan fingerprint density at radius 1 is 1.12 bits per heavy atom. The van der Waals surface area contributed by atoms with Gasteiger partial charge in [-0.05, 0) is 44.5 Å². The molecule has 0 saturated heterocycles. The predicted octanol–water partition coefficient (Wildman–Crippen LogP) is 3.65. The Kier molecular flexibility index (Phi) is 5.09. The van der Waals surface area contributed by atoms with E-state index in [4.69, 9.17) is 23.2 Å². The lowest BCUT2D eigenvalue weighted by atomic mass is 10.3. The molecule has 0 unspecified atom stereocenters. The van der Waals surface area contributed by atoms with E-state index in [1.807, 2.05) is 6.92 Å². The first kappa shape index (κ1) is 18.9. The number of halogens is 2. The van der Waals surface area contributed by atoms with Crippen LogP contribution < -0.4 is 4.31 Å². The first-order valence-corrected chi connectivity index (χ1v) is 10.1. The van der Waals surface area contributed by atoms with Crippen LogP contribution >= 0.6 is 23.2 Å². The molecule has 0 spiro atoms. The summed E-state index contributed by atoms with van der Waals surface area (Å²) >= 11 is 12.1. The molecule has 0 fully saturated rings. The third-order valence-electron chi connectivity index (χ3n) is 3.85. The van der Waals surface area contributed by atoms with Gasteiger partial charge in [0.25, 0.3) is 21.7 Å². The van der Waals surface area contributed by atoms with E-state index in [-0.39, 0.29) is 17.4 Å². The number of anilines is 1. The molecule has 3 aromatic rings. The fourth-order valence-corrected chi connectivity index (χ4v) is 4.21. The number of hydrogen-bond acceptors (Lipinski definition) is 5. The smallest absolute Gasteiger partial charge is 0.232 e. The van der Waals surface area contributed by atoms with E-state index in [1.54, 1.807) is 13.8 Å². The van der Waals surface area contributed by atoms with Crippen molar-refractivity contribution in [1.82, 2.24) is 19.6 Å². The number of aromatic nitrogens is 4. The van der Waals surface area contributed by atoms with Gasteiger partial charge < -0.3 is 0 Å². The molecule has 0 saturated carbocycles. The maximum absolute atomic E-state index is 13.1. The summed E-state index contributed by atoms with van der Waals surface area (Å²) in [5.41, 5.74) is 1.26. The molecule has 26 heavy (non-hydrogen) atoms. The van der Waals surface area contributed by atoms with Crippen molar-refractivity contribution < 1.29 is 8.42 Å². The summed E-state index contributed by atoms with van der Waals surface area (Å²) < 4.78 is 28.8. The van der Waals surface area contributed by atoms with E-state index < -0.39 is 10.0 Å². The number of fused-ring (bicyclic) bond motifs is 1. The minimum absolute atomic E-state index is 0.0547. The largest absolute Gasteiger partial charge is 0.266 e. The van der Waals surface area contributed by atoms with Gasteiger partial charge in [-0.1, -0.05) is 30.1 Å². The van der Waals surface area contributed by atoms with Crippen LogP contribution in [0.2, 0.25) is 10.0 Å². The van der Waals surface area contributed by atoms with Crippen molar-refractivity contribution in [2.75, 3.05) is 10.8 Å². The Morgan fingerprint density at radius 2 is 1.77 bits per heavy atom. The van der Waals surface area contributed by atoms with Gasteiger partial charge in [-0.3, -0.25) is 0 Å². The van der Waals surface area contributed by atoms with Crippen molar-refractivity contribution in [3.8, 4) is 0 Å². The number of rotatable bonds is 5. The molecule has 138 valence electrons. The van der Waals surface area contributed by atoms with E-state index in [9.17, 15) is 8.42 Å². The average molecular weight is 414 g/mol. The highest BCUT2D eigenvalue weighted by Crippen LogP contribution is 2.25. The number of sulfonamides is 1. The molecule has 0 bridgehead atoms. The normalized spacial score (nSPS) is 11.9. The molecule has 0 aliphatic carbocycles. The van der Waals surface area contributed by atoms with Crippen molar-refractivity contribution in [1.29, 1.82) is 0 Å². The Morgan fingerprint density at radius 3 is 2.38 bits per heavy atom. The van der Waals surface area contributed by atoms with Crippen LogP contribution in [-0.2, 0) is 10.0 Å². The van der Waals surface area contributed by atoms with Gasteiger partial charge in [-0.2, -0.15) is 9.50 Å². The maximum Gasteiger partial charge on any atom is 0.266 e. The molecule has 7 nitrogen and oxygen atoms in total. The van der Waals surface area contributed by atoms with Crippen LogP contribution in [0, 0.1) is 13.8 Å². The summed E-state index contributed by atoms with van der Waals surface area (Å²) in [7, 11) is -3.84. The zero-order valence-corrected chi connectivity index (χ0v) is 16.8. The first-order valence-electron chi connectivity index (χ1n) is 7.93. The number of benzene rings is 1. The highest BCUT2D eigenvalue weighted by molar-refractivity contribution is 7.92. The molecular weight excluding hydrogens is 397 g/mol. The zero-order chi connectivity index (χ0) is 19.1. The van der Waals surface area contributed by atoms with E-state index in [2.05, 4.69) is 15.1 Å². The number of aryl methyl sites for hydroxylation is 2. The third-order valence-corrected chi connectivity index (χ3v) is 6.44. The standard InChI is InChI=1S/C16H17Cl2N5O2S/c1-4-9-22(26(24,25)13-7-5-12(17)6-8-13)16-20-15-19-10(2)14(18)11(3)23(15)21-16/h5-8H,4,9H2,1-3H3. The van der Waals surface area contributed by atoms with Crippen LogP contribution in [0.3, 0.4) is 0 Å². The maximum atomic E-state index is 13.1. The van der Waals surface area contributed by atoms with Gasteiger partial charge in [-0.15, -0.1) is 5.10 Å². The molecule has 0 amide bonds. The minimum Gasteiger partial charge on any atom is -0.232 e. The topological polar surface area (TPSA) is 80.5 Å². The molecule has 0 N–H and O–H groups in total. The zero-order valence-electron chi connectivity index (χ0n) is 14.4. The lowest BCUT2D eigenvalue weighted by Crippen LogP contribution is -2.32. The Bertz CT molecular complexity index is 1060. The van der Waals surface area contributed by atoms with Crippen molar-refractivity contribution in [2.45, 2.75) is 32.1 Å². The Hall–Kier alpha value is -1.90. The van der Waals surface area contributed by atoms with Crippen LogP contribution in [0.25, 0.3) is 5.78 Å². The summed E-state index contributed by atoms with van der Waals surface area (Å²) in [5, 5.41) is 5.25.